The molecule has 5 rings (SSSR count). The quantitative estimate of drug-likeness (QED) is 0.534. The third-order valence-electron chi connectivity index (χ3n) is 4.17. The maximum Gasteiger partial charge on any atom is 0.274 e. The minimum atomic E-state index is -0.258. The van der Waals surface area contributed by atoms with E-state index >= 15 is 0 Å². The van der Waals surface area contributed by atoms with E-state index in [-0.39, 0.29) is 5.91 Å². The Bertz CT molecular complexity index is 1250. The summed E-state index contributed by atoms with van der Waals surface area (Å²) in [5.41, 5.74) is 3.26. The Morgan fingerprint density at radius 1 is 0.960 bits per heavy atom. The Morgan fingerprint density at radius 2 is 1.84 bits per heavy atom. The van der Waals surface area contributed by atoms with E-state index in [0.717, 1.165) is 21.9 Å². The lowest BCUT2D eigenvalue weighted by Gasteiger charge is -2.06. The summed E-state index contributed by atoms with van der Waals surface area (Å²) in [6, 6.07) is 18.8. The van der Waals surface area contributed by atoms with Crippen molar-refractivity contribution >= 4 is 39.2 Å². The zero-order valence-electron chi connectivity index (χ0n) is 13.0. The zero-order valence-corrected chi connectivity index (χ0v) is 13.0. The van der Waals surface area contributed by atoms with Gasteiger partial charge in [-0.25, -0.2) is 9.50 Å². The Kier molecular flexibility index (Phi) is 2.84. The number of rotatable bonds is 2. The van der Waals surface area contributed by atoms with Crippen LogP contribution in [-0.4, -0.2) is 20.5 Å². The Labute approximate surface area is 141 Å². The summed E-state index contributed by atoms with van der Waals surface area (Å²) in [6.07, 6.45) is 1.42. The van der Waals surface area contributed by atoms with Crippen LogP contribution in [0, 0.1) is 0 Å². The molecule has 0 aliphatic carbocycles. The lowest BCUT2D eigenvalue weighted by atomic mass is 10.1. The predicted molar refractivity (Wildman–Crippen MR) is 94.7 cm³/mol. The molecule has 6 heteroatoms. The van der Waals surface area contributed by atoms with E-state index in [2.05, 4.69) is 15.4 Å². The average molecular weight is 328 g/mol. The molecule has 6 nitrogen and oxygen atoms in total. The standard InChI is InChI=1S/C19H12N4O2/c24-19(15-5-3-7-18-20-11-21-23(15)18)22-12-8-9-14-13-4-1-2-6-16(13)25-17(14)10-12/h1-11H,(H,22,24). The minimum absolute atomic E-state index is 0.258. The summed E-state index contributed by atoms with van der Waals surface area (Å²) >= 11 is 0. The highest BCUT2D eigenvalue weighted by molar-refractivity contribution is 6.08. The van der Waals surface area contributed by atoms with E-state index in [1.807, 2.05) is 42.5 Å². The average Bonchev–Trinajstić information content (AvgIpc) is 3.25. The molecule has 0 aliphatic rings. The van der Waals surface area contributed by atoms with Gasteiger partial charge in [-0.3, -0.25) is 4.79 Å². The topological polar surface area (TPSA) is 72.4 Å². The van der Waals surface area contributed by atoms with Gasteiger partial charge in [0.25, 0.3) is 5.91 Å². The van der Waals surface area contributed by atoms with Crippen molar-refractivity contribution in [1.29, 1.82) is 0 Å². The van der Waals surface area contributed by atoms with Crippen LogP contribution >= 0.6 is 0 Å². The zero-order chi connectivity index (χ0) is 16.8. The van der Waals surface area contributed by atoms with Crippen LogP contribution in [0.4, 0.5) is 5.69 Å². The second-order valence-electron chi connectivity index (χ2n) is 5.70. The summed E-state index contributed by atoms with van der Waals surface area (Å²) in [6.45, 7) is 0. The molecule has 3 aromatic heterocycles. The maximum absolute atomic E-state index is 12.6. The van der Waals surface area contributed by atoms with Crippen molar-refractivity contribution in [2.24, 2.45) is 0 Å². The maximum atomic E-state index is 12.6. The van der Waals surface area contributed by atoms with Crippen molar-refractivity contribution in [3.8, 4) is 0 Å². The van der Waals surface area contributed by atoms with E-state index in [0.29, 0.717) is 17.0 Å². The SMILES string of the molecule is O=C(Nc1ccc2c(c1)oc1ccccc12)c1cccc2ncnn12. The smallest absolute Gasteiger partial charge is 0.274 e. The third kappa shape index (κ3) is 2.15. The fraction of sp³-hybridized carbons (Fsp3) is 0. The Morgan fingerprint density at radius 3 is 2.80 bits per heavy atom. The number of amides is 1. The normalized spacial score (nSPS) is 11.4. The summed E-state index contributed by atoms with van der Waals surface area (Å²) in [7, 11) is 0. The molecule has 0 atom stereocenters. The van der Waals surface area contributed by atoms with Crippen molar-refractivity contribution in [2.45, 2.75) is 0 Å². The fourth-order valence-electron chi connectivity index (χ4n) is 3.02. The number of anilines is 1. The number of hydrogen-bond acceptors (Lipinski definition) is 4. The van der Waals surface area contributed by atoms with E-state index in [4.69, 9.17) is 4.42 Å². The molecule has 0 saturated carbocycles. The van der Waals surface area contributed by atoms with Gasteiger partial charge < -0.3 is 9.73 Å². The first kappa shape index (κ1) is 13.7. The van der Waals surface area contributed by atoms with Crippen LogP contribution in [-0.2, 0) is 0 Å². The van der Waals surface area contributed by atoms with Crippen molar-refractivity contribution in [3.63, 3.8) is 0 Å². The van der Waals surface area contributed by atoms with E-state index in [1.54, 1.807) is 18.2 Å². The number of furan rings is 1. The minimum Gasteiger partial charge on any atom is -0.456 e. The van der Waals surface area contributed by atoms with E-state index in [1.165, 1.54) is 10.8 Å². The molecule has 0 spiro atoms. The molecular formula is C19H12N4O2. The van der Waals surface area contributed by atoms with Crippen molar-refractivity contribution in [2.75, 3.05) is 5.32 Å². The van der Waals surface area contributed by atoms with Gasteiger partial charge in [-0.2, -0.15) is 5.10 Å². The molecule has 0 radical (unpaired) electrons. The van der Waals surface area contributed by atoms with Crippen LogP contribution in [0.5, 0.6) is 0 Å². The molecule has 1 amide bonds. The third-order valence-corrected chi connectivity index (χ3v) is 4.17. The Hall–Kier alpha value is -3.67. The van der Waals surface area contributed by atoms with Crippen LogP contribution in [0.15, 0.2) is 71.4 Å². The predicted octanol–water partition coefficient (Wildman–Crippen LogP) is 3.88. The number of nitrogens with one attached hydrogen (secondary N) is 1. The molecule has 2 aromatic carbocycles. The molecule has 0 unspecified atom stereocenters. The van der Waals surface area contributed by atoms with Gasteiger partial charge in [0.1, 0.15) is 23.2 Å². The van der Waals surface area contributed by atoms with Crippen molar-refractivity contribution in [1.82, 2.24) is 14.6 Å². The summed E-state index contributed by atoms with van der Waals surface area (Å²) < 4.78 is 7.37. The largest absolute Gasteiger partial charge is 0.456 e. The number of benzene rings is 2. The molecule has 1 N–H and O–H groups in total. The summed E-state index contributed by atoms with van der Waals surface area (Å²) in [4.78, 5) is 16.7. The van der Waals surface area contributed by atoms with Crippen LogP contribution in [0.25, 0.3) is 27.6 Å². The highest BCUT2D eigenvalue weighted by atomic mass is 16.3. The van der Waals surface area contributed by atoms with Gasteiger partial charge in [0.15, 0.2) is 5.65 Å². The van der Waals surface area contributed by atoms with Crippen LogP contribution < -0.4 is 5.32 Å². The van der Waals surface area contributed by atoms with Gasteiger partial charge in [0, 0.05) is 22.5 Å². The number of carbonyl (C=O) groups excluding carboxylic acids is 1. The summed E-state index contributed by atoms with van der Waals surface area (Å²) in [5.74, 6) is -0.258. The molecule has 120 valence electrons. The second-order valence-corrected chi connectivity index (χ2v) is 5.70. The number of carbonyl (C=O) groups is 1. The summed E-state index contributed by atoms with van der Waals surface area (Å²) in [5, 5.41) is 9.05. The first-order valence-corrected chi connectivity index (χ1v) is 7.81. The van der Waals surface area contributed by atoms with Gasteiger partial charge in [-0.1, -0.05) is 24.3 Å². The monoisotopic (exact) mass is 328 g/mol. The van der Waals surface area contributed by atoms with Gasteiger partial charge in [0.2, 0.25) is 0 Å². The van der Waals surface area contributed by atoms with Gasteiger partial charge in [-0.05, 0) is 30.3 Å². The number of para-hydroxylation sites is 1. The van der Waals surface area contributed by atoms with Crippen molar-refractivity contribution < 1.29 is 9.21 Å². The van der Waals surface area contributed by atoms with Gasteiger partial charge >= 0.3 is 0 Å². The Balaban J connectivity index is 1.54. The van der Waals surface area contributed by atoms with Gasteiger partial charge in [0.05, 0.1) is 0 Å². The van der Waals surface area contributed by atoms with Crippen LogP contribution in [0.3, 0.4) is 0 Å². The molecule has 25 heavy (non-hydrogen) atoms. The molecule has 3 heterocycles. The number of nitrogens with zero attached hydrogens (tertiary/aromatic N) is 3. The molecule has 5 aromatic rings. The number of pyridine rings is 1. The fourth-order valence-corrected chi connectivity index (χ4v) is 3.02. The second kappa shape index (κ2) is 5.17. The van der Waals surface area contributed by atoms with Gasteiger partial charge in [-0.15, -0.1) is 0 Å². The number of fused-ring (bicyclic) bond motifs is 4. The molecule has 0 fully saturated rings. The first-order chi connectivity index (χ1) is 12.3. The van der Waals surface area contributed by atoms with E-state index in [9.17, 15) is 4.79 Å². The highest BCUT2D eigenvalue weighted by Crippen LogP contribution is 2.30. The van der Waals surface area contributed by atoms with Crippen LogP contribution in [0.2, 0.25) is 0 Å². The number of hydrogen-bond donors (Lipinski definition) is 1. The highest BCUT2D eigenvalue weighted by Gasteiger charge is 2.13. The first-order valence-electron chi connectivity index (χ1n) is 7.81. The lowest BCUT2D eigenvalue weighted by molar-refractivity contribution is 0.102. The molecule has 0 aliphatic heterocycles. The molecule has 0 saturated heterocycles. The molecule has 0 bridgehead atoms. The van der Waals surface area contributed by atoms with Crippen LogP contribution in [0.1, 0.15) is 10.5 Å². The van der Waals surface area contributed by atoms with E-state index < -0.39 is 0 Å². The molecular weight excluding hydrogens is 316 g/mol. The number of aromatic nitrogens is 3. The lowest BCUT2D eigenvalue weighted by Crippen LogP contribution is -2.16. The van der Waals surface area contributed by atoms with Crippen molar-refractivity contribution in [3.05, 3.63) is 72.7 Å².